The summed E-state index contributed by atoms with van der Waals surface area (Å²) in [7, 11) is 1.91. The number of hydrogen-bond donors (Lipinski definition) is 0. The highest BCUT2D eigenvalue weighted by Gasteiger charge is 2.06. The predicted molar refractivity (Wildman–Crippen MR) is 182 cm³/mol. The number of aryl methyl sites for hydroxylation is 4. The molecule has 5 heterocycles. The van der Waals surface area contributed by atoms with Crippen molar-refractivity contribution in [3.8, 4) is 0 Å². The molecule has 0 bridgehead atoms. The molecule has 0 amide bonds. The van der Waals surface area contributed by atoms with Crippen molar-refractivity contribution in [2.75, 3.05) is 0 Å². The third kappa shape index (κ3) is 13.9. The molecule has 0 spiro atoms. The van der Waals surface area contributed by atoms with Crippen LogP contribution in [0.2, 0.25) is 0 Å². The van der Waals surface area contributed by atoms with E-state index in [-0.39, 0.29) is 11.9 Å². The molecular weight excluding hydrogens is 599 g/mol. The number of rotatable bonds is 7. The van der Waals surface area contributed by atoms with E-state index in [1.165, 1.54) is 12.4 Å². The Morgan fingerprint density at radius 3 is 1.47 bits per heavy atom. The van der Waals surface area contributed by atoms with E-state index in [0.717, 1.165) is 36.3 Å². The average Bonchev–Trinajstić information content (AvgIpc) is 3.84. The average molecular weight is 657 g/mol. The molecule has 0 saturated carbocycles. The van der Waals surface area contributed by atoms with E-state index in [2.05, 4.69) is 115 Å². The summed E-state index contributed by atoms with van der Waals surface area (Å²) in [6.45, 7) is 27.7. The standard InChI is InChI=1S/2C7H13N3.C6H9FN2.2C6H11N3/c1-4-10-7(6(2)3)8-5-9-10;1-4-7-8-5-9-10(7)6(2)3;1-5(2)9-4-6(7)3-8-9;1-5(2)6-7-4-8-9(6)3;1-5(2)9-6(3)7-4-8-9/h2*5-6H,4H2,1-3H3;3-5H,1-2H3;2*4-5H,1-3H3. The molecule has 0 fully saturated rings. The molecule has 14 nitrogen and oxygen atoms in total. The Balaban J connectivity index is 0.000000294. The van der Waals surface area contributed by atoms with Crippen LogP contribution in [-0.2, 0) is 20.0 Å². The van der Waals surface area contributed by atoms with Crippen molar-refractivity contribution >= 4 is 0 Å². The zero-order valence-electron chi connectivity index (χ0n) is 30.9. The van der Waals surface area contributed by atoms with E-state index in [0.29, 0.717) is 23.9 Å². The number of aromatic nitrogens is 14. The molecule has 0 unspecified atom stereocenters. The topological polar surface area (TPSA) is 141 Å². The van der Waals surface area contributed by atoms with Crippen molar-refractivity contribution < 1.29 is 4.39 Å². The fourth-order valence-electron chi connectivity index (χ4n) is 4.16. The molecule has 0 aliphatic rings. The minimum Gasteiger partial charge on any atom is -0.267 e. The van der Waals surface area contributed by atoms with Crippen LogP contribution < -0.4 is 0 Å². The van der Waals surface area contributed by atoms with Crippen LogP contribution in [0.5, 0.6) is 0 Å². The molecule has 0 aromatic carbocycles. The molecule has 0 aliphatic heterocycles. The van der Waals surface area contributed by atoms with E-state index >= 15 is 0 Å². The van der Waals surface area contributed by atoms with Crippen molar-refractivity contribution in [1.29, 1.82) is 0 Å². The molecule has 0 saturated heterocycles. The minimum atomic E-state index is -0.274. The molecule has 0 aliphatic carbocycles. The summed E-state index contributed by atoms with van der Waals surface area (Å²) in [5.74, 6) is 4.82. The van der Waals surface area contributed by atoms with Crippen molar-refractivity contribution in [2.45, 2.75) is 133 Å². The molecule has 0 N–H and O–H groups in total. The van der Waals surface area contributed by atoms with Gasteiger partial charge in [0.2, 0.25) is 0 Å². The Labute approximate surface area is 279 Å². The highest BCUT2D eigenvalue weighted by atomic mass is 19.1. The first-order valence-electron chi connectivity index (χ1n) is 16.3. The van der Waals surface area contributed by atoms with Crippen molar-refractivity contribution in [2.24, 2.45) is 7.05 Å². The fourth-order valence-corrected chi connectivity index (χ4v) is 4.16. The lowest BCUT2D eigenvalue weighted by Crippen LogP contribution is -2.06. The lowest BCUT2D eigenvalue weighted by molar-refractivity contribution is 0.508. The first-order valence-corrected chi connectivity index (χ1v) is 16.3. The van der Waals surface area contributed by atoms with Gasteiger partial charge in [0.15, 0.2) is 5.82 Å². The van der Waals surface area contributed by atoms with Gasteiger partial charge in [-0.05, 0) is 55.4 Å². The van der Waals surface area contributed by atoms with Gasteiger partial charge in [-0.2, -0.15) is 25.5 Å². The molecule has 5 aromatic heterocycles. The molecular formula is C32H57FN14. The maximum Gasteiger partial charge on any atom is 0.161 e. The van der Waals surface area contributed by atoms with Gasteiger partial charge in [0.25, 0.3) is 0 Å². The predicted octanol–water partition coefficient (Wildman–Crippen LogP) is 6.55. The zero-order valence-corrected chi connectivity index (χ0v) is 30.9. The normalized spacial score (nSPS) is 10.7. The summed E-state index contributed by atoms with van der Waals surface area (Å²) in [5.41, 5.74) is 0. The Hall–Kier alpha value is -4.30. The third-order valence-corrected chi connectivity index (χ3v) is 6.52. The van der Waals surface area contributed by atoms with Gasteiger partial charge in [0.05, 0.1) is 12.4 Å². The molecule has 5 rings (SSSR count). The van der Waals surface area contributed by atoms with Crippen LogP contribution in [0.1, 0.15) is 136 Å². The molecule has 47 heavy (non-hydrogen) atoms. The van der Waals surface area contributed by atoms with Crippen molar-refractivity contribution in [3.63, 3.8) is 0 Å². The van der Waals surface area contributed by atoms with Gasteiger partial charge < -0.3 is 0 Å². The van der Waals surface area contributed by atoms with Gasteiger partial charge in [-0.3, -0.25) is 14.0 Å². The van der Waals surface area contributed by atoms with E-state index in [4.69, 9.17) is 0 Å². The van der Waals surface area contributed by atoms with Crippen LogP contribution in [0, 0.1) is 12.7 Å². The number of nitrogens with zero attached hydrogens (tertiary/aromatic N) is 14. The summed E-state index contributed by atoms with van der Waals surface area (Å²) in [5, 5.41) is 19.9. The zero-order chi connectivity index (χ0) is 35.7. The molecule has 0 atom stereocenters. The largest absolute Gasteiger partial charge is 0.267 e. The van der Waals surface area contributed by atoms with Crippen LogP contribution >= 0.6 is 0 Å². The van der Waals surface area contributed by atoms with E-state index in [1.54, 1.807) is 34.7 Å². The Kier molecular flexibility index (Phi) is 18.0. The Bertz CT molecular complexity index is 1410. The highest BCUT2D eigenvalue weighted by Crippen LogP contribution is 2.09. The van der Waals surface area contributed by atoms with E-state index < -0.39 is 0 Å². The quantitative estimate of drug-likeness (QED) is 0.191. The maximum atomic E-state index is 12.2. The summed E-state index contributed by atoms with van der Waals surface area (Å²) in [6, 6.07) is 1.10. The maximum absolute atomic E-state index is 12.2. The van der Waals surface area contributed by atoms with Gasteiger partial charge in [0.1, 0.15) is 48.6 Å². The number of hydrogen-bond acceptors (Lipinski definition) is 9. The molecule has 0 radical (unpaired) electrons. The van der Waals surface area contributed by atoms with Gasteiger partial charge in [-0.1, -0.05) is 34.6 Å². The molecule has 5 aromatic rings. The molecule has 262 valence electrons. The summed E-state index contributed by atoms with van der Waals surface area (Å²) < 4.78 is 21.3. The molecule has 15 heteroatoms. The first kappa shape index (κ1) is 40.7. The van der Waals surface area contributed by atoms with Crippen LogP contribution in [0.25, 0.3) is 0 Å². The lowest BCUT2D eigenvalue weighted by Gasteiger charge is -2.06. The second kappa shape index (κ2) is 20.7. The van der Waals surface area contributed by atoms with Gasteiger partial charge in [0, 0.05) is 50.0 Å². The Morgan fingerprint density at radius 2 is 1.17 bits per heavy atom. The number of halogens is 1. The summed E-state index contributed by atoms with van der Waals surface area (Å²) in [4.78, 5) is 16.3. The van der Waals surface area contributed by atoms with E-state index in [9.17, 15) is 4.39 Å². The minimum absolute atomic E-state index is 0.245. The first-order chi connectivity index (χ1) is 22.1. The highest BCUT2D eigenvalue weighted by molar-refractivity contribution is 4.91. The van der Waals surface area contributed by atoms with Crippen molar-refractivity contribution in [3.05, 3.63) is 66.8 Å². The second-order valence-electron chi connectivity index (χ2n) is 12.1. The second-order valence-corrected chi connectivity index (χ2v) is 12.1. The van der Waals surface area contributed by atoms with E-state index in [1.807, 2.05) is 41.9 Å². The van der Waals surface area contributed by atoms with Crippen LogP contribution in [0.3, 0.4) is 0 Å². The van der Waals surface area contributed by atoms with Gasteiger partial charge >= 0.3 is 0 Å². The fraction of sp³-hybridized carbons (Fsp3) is 0.656. The van der Waals surface area contributed by atoms with Crippen LogP contribution in [0.15, 0.2) is 37.7 Å². The smallest absolute Gasteiger partial charge is 0.161 e. The van der Waals surface area contributed by atoms with Gasteiger partial charge in [-0.25, -0.2) is 33.7 Å². The van der Waals surface area contributed by atoms with Gasteiger partial charge in [-0.15, -0.1) is 0 Å². The summed E-state index contributed by atoms with van der Waals surface area (Å²) >= 11 is 0. The Morgan fingerprint density at radius 1 is 0.638 bits per heavy atom. The monoisotopic (exact) mass is 656 g/mol. The van der Waals surface area contributed by atoms with Crippen molar-refractivity contribution in [1.82, 2.24) is 68.8 Å². The van der Waals surface area contributed by atoms with Crippen LogP contribution in [-0.4, -0.2) is 68.8 Å². The SMILES string of the molecule is CC(C)c1ncnn1C.CC(C)n1cc(F)cn1.CCc1ncnn1C(C)C.CCn1ncnc1C(C)C.Cc1ncnn1C(C)C. The lowest BCUT2D eigenvalue weighted by atomic mass is 10.2. The third-order valence-electron chi connectivity index (χ3n) is 6.52. The summed E-state index contributed by atoms with van der Waals surface area (Å²) in [6.07, 6.45) is 9.92. The van der Waals surface area contributed by atoms with Crippen LogP contribution in [0.4, 0.5) is 4.39 Å².